The van der Waals surface area contributed by atoms with Crippen molar-refractivity contribution < 1.29 is 33.6 Å². The lowest BCUT2D eigenvalue weighted by Gasteiger charge is -2.49. The van der Waals surface area contributed by atoms with Gasteiger partial charge in [-0.05, 0) is 35.4 Å². The highest BCUT2D eigenvalue weighted by Gasteiger charge is 2.62. The molecule has 2 aromatic carbocycles. The van der Waals surface area contributed by atoms with E-state index in [4.69, 9.17) is 18.9 Å². The van der Waals surface area contributed by atoms with Crippen molar-refractivity contribution in [2.24, 2.45) is 11.8 Å². The SMILES string of the molecule is CO[C@@H]1OC[C@H]2OC(=O)[C@H]3[C@@H](C(=O)O[C@@H]1[C@H]2O)[C@H](c1cccc(Br)c1)[C@@H]3c1cccc(Br)c1. The number of methoxy groups -OCH3 is 1. The minimum absolute atomic E-state index is 0.0482. The van der Waals surface area contributed by atoms with Gasteiger partial charge in [0.1, 0.15) is 6.10 Å². The lowest BCUT2D eigenvalue weighted by atomic mass is 9.52. The summed E-state index contributed by atoms with van der Waals surface area (Å²) in [5, 5.41) is 10.8. The lowest BCUT2D eigenvalue weighted by Crippen LogP contribution is -2.56. The molecule has 2 bridgehead atoms. The van der Waals surface area contributed by atoms with Crippen LogP contribution in [0.3, 0.4) is 0 Å². The van der Waals surface area contributed by atoms with E-state index in [1.807, 2.05) is 48.5 Å². The fraction of sp³-hybridized carbons (Fsp3) is 0.417. The van der Waals surface area contributed by atoms with E-state index in [1.54, 1.807) is 0 Å². The number of carbonyl (C=O) groups is 2. The quantitative estimate of drug-likeness (QED) is 0.555. The topological polar surface area (TPSA) is 91.3 Å². The average molecular weight is 582 g/mol. The first-order valence-electron chi connectivity index (χ1n) is 10.6. The van der Waals surface area contributed by atoms with Crippen LogP contribution in [0.2, 0.25) is 0 Å². The largest absolute Gasteiger partial charge is 0.457 e. The Morgan fingerprint density at radius 1 is 0.879 bits per heavy atom. The van der Waals surface area contributed by atoms with Crippen molar-refractivity contribution in [1.82, 2.24) is 0 Å². The zero-order valence-corrected chi connectivity index (χ0v) is 20.8. The van der Waals surface area contributed by atoms with Crippen molar-refractivity contribution in [2.45, 2.75) is 36.4 Å². The number of ether oxygens (including phenoxy) is 4. The maximum atomic E-state index is 13.5. The van der Waals surface area contributed by atoms with Crippen LogP contribution in [0, 0.1) is 11.8 Å². The average Bonchev–Trinajstić information content (AvgIpc) is 2.77. The standard InChI is InChI=1S/C24H22Br2O7/c1-30-24-21-20(27)15(10-31-24)32-22(28)18-16(11-4-2-6-13(25)8-11)17(19(18)23(29)33-21)12-5-3-7-14(26)9-12/h2-9,15-21,24,27H,10H2,1H3/t15-,16+,17-,18-,19+,20+,21-,24-/m1/s1. The van der Waals surface area contributed by atoms with Gasteiger partial charge in [-0.1, -0.05) is 56.1 Å². The fourth-order valence-corrected chi connectivity index (χ4v) is 6.05. The number of hydrogen-bond acceptors (Lipinski definition) is 7. The van der Waals surface area contributed by atoms with Crippen molar-refractivity contribution in [3.05, 3.63) is 68.6 Å². The number of rotatable bonds is 3. The Kier molecular flexibility index (Phi) is 6.35. The van der Waals surface area contributed by atoms with E-state index in [9.17, 15) is 14.7 Å². The van der Waals surface area contributed by atoms with E-state index >= 15 is 0 Å². The predicted octanol–water partition coefficient (Wildman–Crippen LogP) is 3.53. The molecule has 174 valence electrons. The van der Waals surface area contributed by atoms with E-state index in [-0.39, 0.29) is 18.4 Å². The summed E-state index contributed by atoms with van der Waals surface area (Å²) in [5.74, 6) is -3.29. The van der Waals surface area contributed by atoms with Gasteiger partial charge >= 0.3 is 11.9 Å². The maximum absolute atomic E-state index is 13.5. The lowest BCUT2D eigenvalue weighted by molar-refractivity contribution is -0.270. The summed E-state index contributed by atoms with van der Waals surface area (Å²) in [4.78, 5) is 26.9. The molecule has 1 saturated carbocycles. The van der Waals surface area contributed by atoms with Crippen molar-refractivity contribution in [3.8, 4) is 0 Å². The van der Waals surface area contributed by atoms with Crippen LogP contribution in [-0.2, 0) is 28.5 Å². The van der Waals surface area contributed by atoms with Crippen molar-refractivity contribution in [2.75, 3.05) is 13.7 Å². The Morgan fingerprint density at radius 2 is 1.42 bits per heavy atom. The Balaban J connectivity index is 1.60. The molecule has 2 aliphatic heterocycles. The van der Waals surface area contributed by atoms with Gasteiger partial charge < -0.3 is 24.1 Å². The molecule has 2 heterocycles. The summed E-state index contributed by atoms with van der Waals surface area (Å²) in [5.41, 5.74) is 1.82. The van der Waals surface area contributed by atoms with Crippen molar-refractivity contribution >= 4 is 43.8 Å². The molecule has 1 N–H and O–H groups in total. The summed E-state index contributed by atoms with van der Waals surface area (Å²) < 4.78 is 24.0. The van der Waals surface area contributed by atoms with Gasteiger partial charge in [-0.3, -0.25) is 9.59 Å². The Bertz CT molecular complexity index is 1080. The van der Waals surface area contributed by atoms with Gasteiger partial charge in [0.2, 0.25) is 0 Å². The fourth-order valence-electron chi connectivity index (χ4n) is 5.22. The molecule has 0 unspecified atom stereocenters. The molecule has 2 saturated heterocycles. The molecule has 8 atom stereocenters. The molecule has 0 spiro atoms. The van der Waals surface area contributed by atoms with Gasteiger partial charge in [-0.2, -0.15) is 0 Å². The van der Waals surface area contributed by atoms with E-state index in [0.29, 0.717) is 0 Å². The number of aliphatic hydroxyl groups is 1. The molecule has 0 radical (unpaired) electrons. The van der Waals surface area contributed by atoms with Gasteiger partial charge in [-0.25, -0.2) is 0 Å². The summed E-state index contributed by atoms with van der Waals surface area (Å²) in [6, 6.07) is 15.4. The van der Waals surface area contributed by atoms with Crippen molar-refractivity contribution in [1.29, 1.82) is 0 Å². The van der Waals surface area contributed by atoms with E-state index < -0.39 is 48.4 Å². The number of hydrogen-bond donors (Lipinski definition) is 1. The van der Waals surface area contributed by atoms with Gasteiger partial charge in [0.15, 0.2) is 18.5 Å². The molecule has 3 aliphatic rings. The van der Waals surface area contributed by atoms with Crippen LogP contribution in [0.25, 0.3) is 0 Å². The third kappa shape index (κ3) is 4.04. The molecule has 3 fully saturated rings. The zero-order chi connectivity index (χ0) is 23.3. The highest BCUT2D eigenvalue weighted by molar-refractivity contribution is 9.10. The van der Waals surface area contributed by atoms with Crippen LogP contribution in [0.15, 0.2) is 57.5 Å². The number of halogens is 2. The monoisotopic (exact) mass is 580 g/mol. The molecule has 0 amide bonds. The van der Waals surface area contributed by atoms with Gasteiger partial charge in [-0.15, -0.1) is 0 Å². The second-order valence-corrected chi connectivity index (χ2v) is 10.3. The number of benzene rings is 2. The Hall–Kier alpha value is -1.78. The van der Waals surface area contributed by atoms with Crippen LogP contribution >= 0.6 is 31.9 Å². The van der Waals surface area contributed by atoms with Crippen LogP contribution in [-0.4, -0.2) is 55.4 Å². The number of aliphatic hydroxyl groups excluding tert-OH is 1. The maximum Gasteiger partial charge on any atom is 0.311 e. The smallest absolute Gasteiger partial charge is 0.311 e. The van der Waals surface area contributed by atoms with Crippen LogP contribution in [0.1, 0.15) is 23.0 Å². The normalized spacial score (nSPS) is 35.8. The van der Waals surface area contributed by atoms with Crippen LogP contribution in [0.4, 0.5) is 0 Å². The first-order chi connectivity index (χ1) is 15.9. The number of carbonyl (C=O) groups excluding carboxylic acids is 2. The van der Waals surface area contributed by atoms with Gasteiger partial charge in [0, 0.05) is 27.9 Å². The Morgan fingerprint density at radius 3 is 1.94 bits per heavy atom. The third-order valence-electron chi connectivity index (χ3n) is 6.72. The van der Waals surface area contributed by atoms with Crippen LogP contribution in [0.5, 0.6) is 0 Å². The second-order valence-electron chi connectivity index (χ2n) is 8.52. The molecule has 33 heavy (non-hydrogen) atoms. The highest BCUT2D eigenvalue weighted by Crippen LogP contribution is 2.59. The summed E-state index contributed by atoms with van der Waals surface area (Å²) in [7, 11) is 1.41. The van der Waals surface area contributed by atoms with Gasteiger partial charge in [0.05, 0.1) is 18.4 Å². The molecule has 7 nitrogen and oxygen atoms in total. The first-order valence-corrected chi connectivity index (χ1v) is 12.2. The molecule has 2 aromatic rings. The summed E-state index contributed by atoms with van der Waals surface area (Å²) in [6.07, 6.45) is -4.24. The van der Waals surface area contributed by atoms with E-state index in [0.717, 1.165) is 20.1 Å². The van der Waals surface area contributed by atoms with E-state index in [1.165, 1.54) is 7.11 Å². The Labute approximate surface area is 207 Å². The minimum atomic E-state index is -1.25. The summed E-state index contributed by atoms with van der Waals surface area (Å²) >= 11 is 7.01. The number of fused-ring (bicyclic) bond motifs is 3. The molecular formula is C24H22Br2O7. The molecule has 1 aliphatic carbocycles. The molecule has 5 rings (SSSR count). The minimum Gasteiger partial charge on any atom is -0.457 e. The highest BCUT2D eigenvalue weighted by atomic mass is 79.9. The zero-order valence-electron chi connectivity index (χ0n) is 17.6. The van der Waals surface area contributed by atoms with E-state index in [2.05, 4.69) is 31.9 Å². The molecule has 9 heteroatoms. The van der Waals surface area contributed by atoms with Crippen LogP contribution < -0.4 is 0 Å². The van der Waals surface area contributed by atoms with Gasteiger partial charge in [0.25, 0.3) is 0 Å². The third-order valence-corrected chi connectivity index (χ3v) is 7.71. The van der Waals surface area contributed by atoms with Crippen molar-refractivity contribution in [3.63, 3.8) is 0 Å². The first kappa shape index (κ1) is 23.0. The number of esters is 2. The second kappa shape index (κ2) is 9.11. The predicted molar refractivity (Wildman–Crippen MR) is 123 cm³/mol. The summed E-state index contributed by atoms with van der Waals surface area (Å²) in [6.45, 7) is -0.0482. The molecular weight excluding hydrogens is 560 g/mol. The molecule has 0 aromatic heterocycles.